The number of rotatable bonds is 6. The highest BCUT2D eigenvalue weighted by Crippen LogP contribution is 2.33. The average molecular weight is 379 g/mol. The van der Waals surface area contributed by atoms with Gasteiger partial charge in [-0.2, -0.15) is 9.78 Å². The van der Waals surface area contributed by atoms with Crippen molar-refractivity contribution < 1.29 is 18.7 Å². The second kappa shape index (κ2) is 8.39. The van der Waals surface area contributed by atoms with E-state index in [4.69, 9.17) is 0 Å². The number of hydrogen-bond donors (Lipinski definition) is 0. The number of halogens is 2. The molecule has 1 saturated carbocycles. The van der Waals surface area contributed by atoms with Crippen LogP contribution in [0.3, 0.4) is 0 Å². The van der Waals surface area contributed by atoms with Gasteiger partial charge in [-0.05, 0) is 25.0 Å². The molecule has 0 amide bonds. The van der Waals surface area contributed by atoms with E-state index < -0.39 is 17.6 Å². The summed E-state index contributed by atoms with van der Waals surface area (Å²) in [7, 11) is 0. The number of carbonyl (C=O) groups excluding carboxylic acids is 1. The molecule has 9 heteroatoms. The second-order valence-corrected chi connectivity index (χ2v) is 6.97. The Morgan fingerprint density at radius 1 is 1.27 bits per heavy atom. The van der Waals surface area contributed by atoms with Gasteiger partial charge in [-0.15, -0.1) is 10.2 Å². The van der Waals surface area contributed by atoms with Gasteiger partial charge in [0.1, 0.15) is 11.6 Å². The first-order valence-corrected chi connectivity index (χ1v) is 9.31. The summed E-state index contributed by atoms with van der Waals surface area (Å²) in [6, 6.07) is 3.56. The fourth-order valence-corrected chi connectivity index (χ4v) is 3.57. The maximum Gasteiger partial charge on any atom is 0.212 e. The largest absolute Gasteiger partial charge is 0.549 e. The summed E-state index contributed by atoms with van der Waals surface area (Å²) in [5.74, 6) is -2.30. The van der Waals surface area contributed by atoms with Crippen LogP contribution in [0, 0.1) is 11.6 Å². The zero-order valence-corrected chi connectivity index (χ0v) is 14.7. The minimum absolute atomic E-state index is 0.135. The van der Waals surface area contributed by atoms with Gasteiger partial charge in [0.2, 0.25) is 5.16 Å². The number of aliphatic carboxylic acids is 1. The van der Waals surface area contributed by atoms with Crippen molar-refractivity contribution in [3.05, 3.63) is 41.2 Å². The van der Waals surface area contributed by atoms with Crippen LogP contribution in [0.1, 0.15) is 49.4 Å². The highest BCUT2D eigenvalue weighted by Gasteiger charge is 2.23. The van der Waals surface area contributed by atoms with Crippen molar-refractivity contribution in [2.45, 2.75) is 43.2 Å². The number of hydrogen-bond acceptors (Lipinski definition) is 6. The fraction of sp³-hybridized carbons (Fsp3) is 0.412. The molecule has 1 aromatic heterocycles. The van der Waals surface area contributed by atoms with Crippen LogP contribution >= 0.6 is 11.8 Å². The Morgan fingerprint density at radius 3 is 2.62 bits per heavy atom. The molecule has 0 bridgehead atoms. The summed E-state index contributed by atoms with van der Waals surface area (Å²) >= 11 is 0.910. The normalized spacial score (nSPS) is 15.6. The Morgan fingerprint density at radius 2 is 1.96 bits per heavy atom. The van der Waals surface area contributed by atoms with E-state index in [0.717, 1.165) is 62.2 Å². The van der Waals surface area contributed by atoms with Crippen molar-refractivity contribution >= 4 is 23.9 Å². The molecule has 1 fully saturated rings. The van der Waals surface area contributed by atoms with Crippen molar-refractivity contribution in [3.8, 4) is 0 Å². The molecule has 1 aliphatic carbocycles. The predicted octanol–water partition coefficient (Wildman–Crippen LogP) is 2.33. The average Bonchev–Trinajstić information content (AvgIpc) is 3.03. The molecule has 1 aromatic carbocycles. The number of carbonyl (C=O) groups is 1. The monoisotopic (exact) mass is 379 g/mol. The van der Waals surface area contributed by atoms with E-state index in [-0.39, 0.29) is 22.4 Å². The molecule has 3 rings (SSSR count). The fourth-order valence-electron chi connectivity index (χ4n) is 2.96. The number of carboxylic acid groups (broad SMARTS) is 1. The predicted molar refractivity (Wildman–Crippen MR) is 90.9 cm³/mol. The van der Waals surface area contributed by atoms with Gasteiger partial charge in [-0.25, -0.2) is 8.78 Å². The first kappa shape index (κ1) is 18.5. The second-order valence-electron chi connectivity index (χ2n) is 6.03. The molecule has 0 N–H and O–H groups in total. The number of thioether (sulfide) groups is 1. The van der Waals surface area contributed by atoms with Crippen LogP contribution in [0.15, 0.2) is 28.5 Å². The highest BCUT2D eigenvalue weighted by molar-refractivity contribution is 7.99. The van der Waals surface area contributed by atoms with E-state index in [1.54, 1.807) is 0 Å². The Kier molecular flexibility index (Phi) is 5.97. The summed E-state index contributed by atoms with van der Waals surface area (Å²) in [4.78, 5) is 10.7. The summed E-state index contributed by atoms with van der Waals surface area (Å²) in [5, 5.41) is 23.3. The van der Waals surface area contributed by atoms with Gasteiger partial charge in [-0.3, -0.25) is 0 Å². The van der Waals surface area contributed by atoms with Gasteiger partial charge < -0.3 is 9.90 Å². The lowest BCUT2D eigenvalue weighted by Gasteiger charge is -2.20. The first-order chi connectivity index (χ1) is 12.6. The third kappa shape index (κ3) is 4.27. The quantitative estimate of drug-likeness (QED) is 0.568. The van der Waals surface area contributed by atoms with E-state index in [9.17, 15) is 18.7 Å². The lowest BCUT2D eigenvalue weighted by atomic mass is 9.89. The van der Waals surface area contributed by atoms with E-state index in [2.05, 4.69) is 15.3 Å². The third-order valence-corrected chi connectivity index (χ3v) is 5.12. The van der Waals surface area contributed by atoms with E-state index in [1.807, 2.05) is 0 Å². The molecule has 1 aliphatic rings. The van der Waals surface area contributed by atoms with Crippen LogP contribution in [0.2, 0.25) is 0 Å². The van der Waals surface area contributed by atoms with Crippen molar-refractivity contribution in [2.75, 3.05) is 5.75 Å². The number of carboxylic acids is 1. The lowest BCUT2D eigenvalue weighted by Crippen LogP contribution is -2.24. The van der Waals surface area contributed by atoms with Crippen molar-refractivity contribution in [1.82, 2.24) is 14.9 Å². The molecule has 0 atom stereocenters. The van der Waals surface area contributed by atoms with E-state index >= 15 is 0 Å². The summed E-state index contributed by atoms with van der Waals surface area (Å²) in [6.07, 6.45) is 6.19. The summed E-state index contributed by atoms with van der Waals surface area (Å²) in [6.45, 7) is 0. The molecular formula is C17H17F2N4O2S-. The Balaban J connectivity index is 1.94. The summed E-state index contributed by atoms with van der Waals surface area (Å²) in [5.41, 5.74) is -0.272. The zero-order valence-electron chi connectivity index (χ0n) is 13.9. The van der Waals surface area contributed by atoms with Gasteiger partial charge in [0, 0.05) is 11.7 Å². The van der Waals surface area contributed by atoms with Crippen LogP contribution in [-0.2, 0) is 4.79 Å². The van der Waals surface area contributed by atoms with E-state index in [1.165, 1.54) is 10.7 Å². The molecule has 26 heavy (non-hydrogen) atoms. The minimum atomic E-state index is -1.24. The molecule has 0 radical (unpaired) electrons. The maximum absolute atomic E-state index is 13.8. The highest BCUT2D eigenvalue weighted by atomic mass is 32.2. The van der Waals surface area contributed by atoms with Gasteiger partial charge in [0.25, 0.3) is 0 Å². The Hall–Kier alpha value is -2.29. The van der Waals surface area contributed by atoms with Gasteiger partial charge in [0.15, 0.2) is 5.82 Å². The van der Waals surface area contributed by atoms with Crippen LogP contribution in [0.5, 0.6) is 0 Å². The molecule has 1 heterocycles. The summed E-state index contributed by atoms with van der Waals surface area (Å²) < 4.78 is 29.0. The molecule has 0 unspecified atom stereocenters. The van der Waals surface area contributed by atoms with Gasteiger partial charge in [0.05, 0.1) is 17.7 Å². The molecule has 6 nitrogen and oxygen atoms in total. The number of benzene rings is 1. The molecule has 138 valence electrons. The SMILES string of the molecule is O=C([O-])CSc1nnc(C2CCCCC2)n1/N=C\c1c(F)cccc1F. The minimum Gasteiger partial charge on any atom is -0.549 e. The zero-order chi connectivity index (χ0) is 18.5. The molecule has 0 spiro atoms. The van der Waals surface area contributed by atoms with Crippen molar-refractivity contribution in [3.63, 3.8) is 0 Å². The molecule has 0 aliphatic heterocycles. The number of aromatic nitrogens is 3. The van der Waals surface area contributed by atoms with Crippen LogP contribution in [0.4, 0.5) is 8.78 Å². The standard InChI is InChI=1S/C17H18F2N4O2S/c18-13-7-4-8-14(19)12(13)9-20-23-16(11-5-2-1-3-6-11)21-22-17(23)26-10-15(24)25/h4,7-9,11H,1-3,5-6,10H2,(H,24,25)/p-1/b20-9-. The lowest BCUT2D eigenvalue weighted by molar-refractivity contribution is -0.301. The van der Waals surface area contributed by atoms with Crippen LogP contribution < -0.4 is 5.11 Å². The van der Waals surface area contributed by atoms with Crippen LogP contribution in [-0.4, -0.2) is 32.8 Å². The van der Waals surface area contributed by atoms with Crippen LogP contribution in [0.25, 0.3) is 0 Å². The Bertz CT molecular complexity index is 799. The van der Waals surface area contributed by atoms with Crippen molar-refractivity contribution in [1.29, 1.82) is 0 Å². The van der Waals surface area contributed by atoms with Crippen molar-refractivity contribution in [2.24, 2.45) is 5.10 Å². The van der Waals surface area contributed by atoms with Gasteiger partial charge in [-0.1, -0.05) is 37.1 Å². The molecule has 0 saturated heterocycles. The molecule has 2 aromatic rings. The third-order valence-electron chi connectivity index (χ3n) is 4.23. The number of nitrogens with zero attached hydrogens (tertiary/aromatic N) is 4. The van der Waals surface area contributed by atoms with E-state index in [0.29, 0.717) is 5.82 Å². The smallest absolute Gasteiger partial charge is 0.212 e. The van der Waals surface area contributed by atoms with Gasteiger partial charge >= 0.3 is 0 Å². The topological polar surface area (TPSA) is 83.2 Å². The Labute approximate surface area is 153 Å². The first-order valence-electron chi connectivity index (χ1n) is 8.32. The maximum atomic E-state index is 13.8. The molecular weight excluding hydrogens is 362 g/mol.